The second-order valence-corrected chi connectivity index (χ2v) is 5.79. The van der Waals surface area contributed by atoms with Gasteiger partial charge in [0.1, 0.15) is 12.6 Å². The summed E-state index contributed by atoms with van der Waals surface area (Å²) >= 11 is 0. The van der Waals surface area contributed by atoms with Crippen LogP contribution in [0.1, 0.15) is 34.1 Å². The lowest BCUT2D eigenvalue weighted by Gasteiger charge is -2.16. The van der Waals surface area contributed by atoms with E-state index in [2.05, 4.69) is 50.9 Å². The molecule has 0 N–H and O–H groups in total. The Morgan fingerprint density at radius 3 is 2.62 bits per heavy atom. The SMILES string of the molecule is CC1C=CC([C@H]2COC(C(C)(C)C)=N2)=CC1. The molecular formula is C14H21NO. The molecule has 1 heterocycles. The third-order valence-corrected chi connectivity index (χ3v) is 3.02. The number of allylic oxidation sites excluding steroid dienone is 2. The number of hydrogen-bond acceptors (Lipinski definition) is 2. The van der Waals surface area contributed by atoms with Gasteiger partial charge in [0.15, 0.2) is 5.90 Å². The second kappa shape index (κ2) is 4.08. The number of ether oxygens (including phenoxy) is 1. The molecule has 0 bridgehead atoms. The van der Waals surface area contributed by atoms with Crippen LogP contribution < -0.4 is 0 Å². The largest absolute Gasteiger partial charge is 0.478 e. The maximum Gasteiger partial charge on any atom is 0.189 e. The van der Waals surface area contributed by atoms with Crippen molar-refractivity contribution in [3.8, 4) is 0 Å². The molecule has 0 spiro atoms. The maximum atomic E-state index is 5.69. The highest BCUT2D eigenvalue weighted by Crippen LogP contribution is 2.27. The fourth-order valence-electron chi connectivity index (χ4n) is 1.95. The molecule has 16 heavy (non-hydrogen) atoms. The highest BCUT2D eigenvalue weighted by molar-refractivity contribution is 5.83. The zero-order valence-electron chi connectivity index (χ0n) is 10.7. The molecule has 2 nitrogen and oxygen atoms in total. The molecule has 1 aliphatic heterocycles. The Bertz CT molecular complexity index is 357. The van der Waals surface area contributed by atoms with Crippen molar-refractivity contribution in [3.05, 3.63) is 23.8 Å². The van der Waals surface area contributed by atoms with Gasteiger partial charge in [-0.1, -0.05) is 45.9 Å². The number of hydrogen-bond donors (Lipinski definition) is 0. The van der Waals surface area contributed by atoms with E-state index in [9.17, 15) is 0 Å². The highest BCUT2D eigenvalue weighted by Gasteiger charge is 2.29. The van der Waals surface area contributed by atoms with Crippen molar-refractivity contribution in [1.82, 2.24) is 0 Å². The Hall–Kier alpha value is -1.05. The van der Waals surface area contributed by atoms with E-state index in [0.29, 0.717) is 12.5 Å². The normalized spacial score (nSPS) is 29.8. The van der Waals surface area contributed by atoms with E-state index in [1.807, 2.05) is 0 Å². The third-order valence-electron chi connectivity index (χ3n) is 3.02. The molecule has 0 amide bonds. The van der Waals surface area contributed by atoms with Crippen molar-refractivity contribution in [3.63, 3.8) is 0 Å². The Kier molecular flexibility index (Phi) is 2.92. The molecule has 2 heteroatoms. The molecule has 0 aromatic heterocycles. The van der Waals surface area contributed by atoms with Gasteiger partial charge in [-0.25, -0.2) is 4.99 Å². The van der Waals surface area contributed by atoms with Crippen molar-refractivity contribution >= 4 is 5.90 Å². The van der Waals surface area contributed by atoms with Crippen LogP contribution in [0.15, 0.2) is 28.8 Å². The van der Waals surface area contributed by atoms with Crippen LogP contribution in [0.25, 0.3) is 0 Å². The molecule has 2 rings (SSSR count). The van der Waals surface area contributed by atoms with Gasteiger partial charge in [-0.15, -0.1) is 0 Å². The van der Waals surface area contributed by atoms with E-state index in [1.165, 1.54) is 5.57 Å². The lowest BCUT2D eigenvalue weighted by molar-refractivity contribution is 0.290. The average Bonchev–Trinajstić information content (AvgIpc) is 2.67. The first-order valence-electron chi connectivity index (χ1n) is 6.06. The molecule has 0 saturated carbocycles. The van der Waals surface area contributed by atoms with Gasteiger partial charge in [-0.2, -0.15) is 0 Å². The quantitative estimate of drug-likeness (QED) is 0.662. The molecule has 0 saturated heterocycles. The summed E-state index contributed by atoms with van der Waals surface area (Å²) in [5.74, 6) is 1.56. The number of rotatable bonds is 1. The summed E-state index contributed by atoms with van der Waals surface area (Å²) in [7, 11) is 0. The van der Waals surface area contributed by atoms with E-state index < -0.39 is 0 Å². The summed E-state index contributed by atoms with van der Waals surface area (Å²) < 4.78 is 5.69. The van der Waals surface area contributed by atoms with Crippen LogP contribution in [-0.2, 0) is 4.74 Å². The molecule has 2 aliphatic rings. The summed E-state index contributed by atoms with van der Waals surface area (Å²) in [6.45, 7) is 9.36. The van der Waals surface area contributed by atoms with Gasteiger partial charge >= 0.3 is 0 Å². The number of aliphatic imine (C=N–C) groups is 1. The van der Waals surface area contributed by atoms with Gasteiger partial charge < -0.3 is 4.74 Å². The van der Waals surface area contributed by atoms with Gasteiger partial charge in [0.05, 0.1) is 0 Å². The van der Waals surface area contributed by atoms with E-state index in [0.717, 1.165) is 12.3 Å². The first-order valence-corrected chi connectivity index (χ1v) is 6.06. The Morgan fingerprint density at radius 2 is 2.12 bits per heavy atom. The first kappa shape index (κ1) is 11.4. The van der Waals surface area contributed by atoms with Crippen molar-refractivity contribution in [1.29, 1.82) is 0 Å². The third kappa shape index (κ3) is 2.37. The fraction of sp³-hybridized carbons (Fsp3) is 0.643. The Balaban J connectivity index is 2.09. The molecule has 2 atom stereocenters. The topological polar surface area (TPSA) is 21.6 Å². The lowest BCUT2D eigenvalue weighted by atomic mass is 9.94. The molecule has 0 aromatic rings. The smallest absolute Gasteiger partial charge is 0.189 e. The summed E-state index contributed by atoms with van der Waals surface area (Å²) in [6.07, 6.45) is 7.90. The van der Waals surface area contributed by atoms with E-state index >= 15 is 0 Å². The van der Waals surface area contributed by atoms with Gasteiger partial charge in [-0.05, 0) is 17.9 Å². The lowest BCUT2D eigenvalue weighted by Crippen LogP contribution is -2.20. The summed E-state index contributed by atoms with van der Waals surface area (Å²) in [6, 6.07) is 0.220. The maximum absolute atomic E-state index is 5.69. The molecule has 0 radical (unpaired) electrons. The zero-order chi connectivity index (χ0) is 11.8. The average molecular weight is 219 g/mol. The van der Waals surface area contributed by atoms with E-state index in [1.54, 1.807) is 0 Å². The van der Waals surface area contributed by atoms with Gasteiger partial charge in [-0.3, -0.25) is 0 Å². The van der Waals surface area contributed by atoms with Gasteiger partial charge in [0, 0.05) is 5.41 Å². The standard InChI is InChI=1S/C14H21NO/c1-10-5-7-11(8-6-10)12-9-16-13(15-12)14(2,3)4/h5,7-8,10,12H,6,9H2,1-4H3/t10?,12-/m1/s1. The van der Waals surface area contributed by atoms with Crippen molar-refractivity contribution < 1.29 is 4.74 Å². The van der Waals surface area contributed by atoms with Crippen LogP contribution in [0.5, 0.6) is 0 Å². The monoisotopic (exact) mass is 219 g/mol. The van der Waals surface area contributed by atoms with Crippen LogP contribution in [0.4, 0.5) is 0 Å². The van der Waals surface area contributed by atoms with E-state index in [-0.39, 0.29) is 11.5 Å². The van der Waals surface area contributed by atoms with Crippen LogP contribution in [0.2, 0.25) is 0 Å². The molecule has 1 aliphatic carbocycles. The molecular weight excluding hydrogens is 198 g/mol. The molecule has 0 aromatic carbocycles. The summed E-state index contributed by atoms with van der Waals surface area (Å²) in [5, 5.41) is 0. The van der Waals surface area contributed by atoms with Crippen LogP contribution in [0, 0.1) is 11.3 Å². The highest BCUT2D eigenvalue weighted by atomic mass is 16.5. The second-order valence-electron chi connectivity index (χ2n) is 5.79. The minimum atomic E-state index is 0.0288. The number of nitrogens with zero attached hydrogens (tertiary/aromatic N) is 1. The Labute approximate surface area is 98.1 Å². The molecule has 88 valence electrons. The fourth-order valence-corrected chi connectivity index (χ4v) is 1.95. The summed E-state index contributed by atoms with van der Waals surface area (Å²) in [5.41, 5.74) is 1.35. The van der Waals surface area contributed by atoms with Gasteiger partial charge in [0.2, 0.25) is 0 Å². The minimum absolute atomic E-state index is 0.0288. The summed E-state index contributed by atoms with van der Waals surface area (Å²) in [4.78, 5) is 4.68. The van der Waals surface area contributed by atoms with Crippen LogP contribution in [0.3, 0.4) is 0 Å². The van der Waals surface area contributed by atoms with Crippen molar-refractivity contribution in [2.24, 2.45) is 16.3 Å². The van der Waals surface area contributed by atoms with Crippen molar-refractivity contribution in [2.45, 2.75) is 40.2 Å². The zero-order valence-corrected chi connectivity index (χ0v) is 10.7. The molecule has 0 fully saturated rings. The predicted molar refractivity (Wildman–Crippen MR) is 67.6 cm³/mol. The Morgan fingerprint density at radius 1 is 1.38 bits per heavy atom. The van der Waals surface area contributed by atoms with Gasteiger partial charge in [0.25, 0.3) is 0 Å². The van der Waals surface area contributed by atoms with E-state index in [4.69, 9.17) is 4.74 Å². The van der Waals surface area contributed by atoms with Crippen molar-refractivity contribution in [2.75, 3.05) is 6.61 Å². The van der Waals surface area contributed by atoms with Crippen LogP contribution >= 0.6 is 0 Å². The minimum Gasteiger partial charge on any atom is -0.478 e. The molecule has 1 unspecified atom stereocenters. The van der Waals surface area contributed by atoms with Crippen LogP contribution in [-0.4, -0.2) is 18.5 Å². The first-order chi connectivity index (χ1) is 7.47. The predicted octanol–water partition coefficient (Wildman–Crippen LogP) is 3.35.